The normalized spacial score (nSPS) is 12.1. The second kappa shape index (κ2) is 12.4. The molecule has 196 valence electrons. The highest BCUT2D eigenvalue weighted by molar-refractivity contribution is 7.92. The first-order valence-corrected chi connectivity index (χ1v) is 13.9. The summed E-state index contributed by atoms with van der Waals surface area (Å²) in [5, 5.41) is 3.78. The fourth-order valence-corrected chi connectivity index (χ4v) is 5.56. The van der Waals surface area contributed by atoms with Gasteiger partial charge in [0.15, 0.2) is 0 Å². The quantitative estimate of drug-likeness (QED) is 0.342. The number of carbonyl (C=O) groups excluding carboxylic acids is 2. The van der Waals surface area contributed by atoms with Gasteiger partial charge in [-0.1, -0.05) is 58.5 Å². The number of hydrogen-bond acceptors (Lipinski definition) is 4. The van der Waals surface area contributed by atoms with E-state index in [1.807, 2.05) is 0 Å². The van der Waals surface area contributed by atoms with Crippen LogP contribution in [0.5, 0.6) is 0 Å². The van der Waals surface area contributed by atoms with E-state index in [4.69, 9.17) is 46.4 Å². The summed E-state index contributed by atoms with van der Waals surface area (Å²) in [6, 6.07) is 15.6. The summed E-state index contributed by atoms with van der Waals surface area (Å²) < 4.78 is 28.3. The lowest BCUT2D eigenvalue weighted by Crippen LogP contribution is -2.50. The molecule has 0 bridgehead atoms. The molecule has 0 spiro atoms. The van der Waals surface area contributed by atoms with E-state index in [0.717, 1.165) is 4.31 Å². The van der Waals surface area contributed by atoms with Gasteiger partial charge in [-0.25, -0.2) is 8.42 Å². The van der Waals surface area contributed by atoms with E-state index in [-0.39, 0.29) is 27.2 Å². The van der Waals surface area contributed by atoms with E-state index in [9.17, 15) is 18.0 Å². The van der Waals surface area contributed by atoms with Gasteiger partial charge in [-0.15, -0.1) is 0 Å². The zero-order valence-electron chi connectivity index (χ0n) is 19.8. The Balaban J connectivity index is 2.04. The van der Waals surface area contributed by atoms with Crippen LogP contribution in [0.2, 0.25) is 20.1 Å². The van der Waals surface area contributed by atoms with Crippen LogP contribution in [-0.4, -0.2) is 44.8 Å². The number of hydrogen-bond donors (Lipinski definition) is 1. The molecule has 1 atom stereocenters. The second-order valence-corrected chi connectivity index (χ2v) is 11.6. The number of amides is 2. The van der Waals surface area contributed by atoms with Crippen LogP contribution in [0.25, 0.3) is 0 Å². The Kier molecular flexibility index (Phi) is 9.72. The van der Waals surface area contributed by atoms with Crippen molar-refractivity contribution in [2.24, 2.45) is 0 Å². The van der Waals surface area contributed by atoms with Crippen LogP contribution < -0.4 is 9.62 Å². The lowest BCUT2D eigenvalue weighted by molar-refractivity contribution is -0.139. The fourth-order valence-electron chi connectivity index (χ4n) is 3.52. The monoisotopic (exact) mass is 601 g/mol. The number of benzene rings is 3. The van der Waals surface area contributed by atoms with Gasteiger partial charge in [0.1, 0.15) is 12.6 Å². The third kappa shape index (κ3) is 7.09. The van der Waals surface area contributed by atoms with Crippen molar-refractivity contribution >= 4 is 73.9 Å². The molecule has 0 aliphatic rings. The summed E-state index contributed by atoms with van der Waals surface area (Å²) in [4.78, 5) is 27.4. The fraction of sp³-hybridized carbons (Fsp3) is 0.200. The van der Waals surface area contributed by atoms with E-state index in [0.29, 0.717) is 15.6 Å². The first kappa shape index (κ1) is 29.1. The van der Waals surface area contributed by atoms with Gasteiger partial charge in [-0.3, -0.25) is 13.9 Å². The molecule has 37 heavy (non-hydrogen) atoms. The predicted molar refractivity (Wildman–Crippen MR) is 148 cm³/mol. The van der Waals surface area contributed by atoms with Gasteiger partial charge < -0.3 is 10.2 Å². The number of nitrogens with one attached hydrogen (secondary N) is 1. The topological polar surface area (TPSA) is 86.8 Å². The molecule has 0 aliphatic heterocycles. The summed E-state index contributed by atoms with van der Waals surface area (Å²) in [6.07, 6.45) is 0. The third-order valence-corrected chi connectivity index (χ3v) is 8.54. The number of carbonyl (C=O) groups is 2. The average molecular weight is 603 g/mol. The highest BCUT2D eigenvalue weighted by atomic mass is 35.5. The minimum Gasteiger partial charge on any atom is -0.357 e. The van der Waals surface area contributed by atoms with Crippen molar-refractivity contribution in [1.29, 1.82) is 0 Å². The molecule has 3 aromatic rings. The molecule has 0 fully saturated rings. The molecule has 0 heterocycles. The summed E-state index contributed by atoms with van der Waals surface area (Å²) in [5.41, 5.74) is 0.784. The van der Waals surface area contributed by atoms with Gasteiger partial charge in [-0.2, -0.15) is 0 Å². The molecule has 0 saturated heterocycles. The number of sulfonamides is 1. The summed E-state index contributed by atoms with van der Waals surface area (Å²) in [7, 11) is -2.78. The molecule has 2 amide bonds. The Bertz CT molecular complexity index is 1400. The Morgan fingerprint density at radius 1 is 0.892 bits per heavy atom. The predicted octanol–water partition coefficient (Wildman–Crippen LogP) is 5.66. The van der Waals surface area contributed by atoms with Crippen molar-refractivity contribution in [2.75, 3.05) is 17.9 Å². The molecule has 0 aromatic heterocycles. The van der Waals surface area contributed by atoms with Crippen LogP contribution in [0, 0.1) is 0 Å². The molecule has 7 nitrogen and oxygen atoms in total. The zero-order chi connectivity index (χ0) is 27.3. The number of likely N-dealkylation sites (N-methyl/N-ethyl adjacent to an activating group) is 1. The van der Waals surface area contributed by atoms with E-state index in [1.54, 1.807) is 37.3 Å². The summed E-state index contributed by atoms with van der Waals surface area (Å²) >= 11 is 24.2. The molecule has 3 rings (SSSR count). The summed E-state index contributed by atoms with van der Waals surface area (Å²) in [6.45, 7) is 0.925. The first-order valence-electron chi connectivity index (χ1n) is 10.9. The average Bonchev–Trinajstić information content (AvgIpc) is 2.87. The molecular formula is C25H23Cl4N3O4S. The van der Waals surface area contributed by atoms with Crippen LogP contribution in [-0.2, 0) is 26.2 Å². The molecule has 0 unspecified atom stereocenters. The number of halogens is 4. The molecular weight excluding hydrogens is 580 g/mol. The standard InChI is InChI=1S/C25H23Cl4N3O4S/c1-16(25(34)30-2)31(14-17-6-11-22(28)23(29)12-17)24(33)15-32(20-5-3-4-19(27)13-20)37(35,36)21-9-7-18(26)8-10-21/h3-13,16H,14-15H2,1-2H3,(H,30,34)/t16-/m1/s1. The Hall–Kier alpha value is -2.49. The largest absolute Gasteiger partial charge is 0.357 e. The SMILES string of the molecule is CNC(=O)[C@@H](C)N(Cc1ccc(Cl)c(Cl)c1)C(=O)CN(c1cccc(Cl)c1)S(=O)(=O)c1ccc(Cl)cc1. The summed E-state index contributed by atoms with van der Waals surface area (Å²) in [5.74, 6) is -1.05. The van der Waals surface area contributed by atoms with Crippen molar-refractivity contribution in [2.45, 2.75) is 24.4 Å². The van der Waals surface area contributed by atoms with Crippen molar-refractivity contribution in [3.05, 3.63) is 92.4 Å². The van der Waals surface area contributed by atoms with Crippen LogP contribution in [0.1, 0.15) is 12.5 Å². The highest BCUT2D eigenvalue weighted by Gasteiger charge is 2.32. The van der Waals surface area contributed by atoms with Crippen molar-refractivity contribution < 1.29 is 18.0 Å². The van der Waals surface area contributed by atoms with Crippen LogP contribution >= 0.6 is 46.4 Å². The van der Waals surface area contributed by atoms with Crippen molar-refractivity contribution in [1.82, 2.24) is 10.2 Å². The van der Waals surface area contributed by atoms with Gasteiger partial charge in [-0.05, 0) is 67.1 Å². The molecule has 3 aromatic carbocycles. The molecule has 1 N–H and O–H groups in total. The molecule has 0 aliphatic carbocycles. The minimum atomic E-state index is -4.22. The second-order valence-electron chi connectivity index (χ2n) is 8.01. The smallest absolute Gasteiger partial charge is 0.264 e. The van der Waals surface area contributed by atoms with Gasteiger partial charge in [0, 0.05) is 23.6 Å². The molecule has 12 heteroatoms. The number of anilines is 1. The number of nitrogens with zero attached hydrogens (tertiary/aromatic N) is 2. The van der Waals surface area contributed by atoms with Crippen LogP contribution in [0.4, 0.5) is 5.69 Å². The van der Waals surface area contributed by atoms with E-state index >= 15 is 0 Å². The lowest BCUT2D eigenvalue weighted by Gasteiger charge is -2.32. The maximum absolute atomic E-state index is 13.7. The van der Waals surface area contributed by atoms with Crippen LogP contribution in [0.15, 0.2) is 71.6 Å². The first-order chi connectivity index (χ1) is 17.4. The van der Waals surface area contributed by atoms with Gasteiger partial charge in [0.2, 0.25) is 11.8 Å². The molecule has 0 saturated carbocycles. The molecule has 0 radical (unpaired) electrons. The van der Waals surface area contributed by atoms with E-state index < -0.39 is 34.4 Å². The maximum Gasteiger partial charge on any atom is 0.264 e. The highest BCUT2D eigenvalue weighted by Crippen LogP contribution is 2.28. The van der Waals surface area contributed by atoms with Crippen LogP contribution in [0.3, 0.4) is 0 Å². The zero-order valence-corrected chi connectivity index (χ0v) is 23.6. The van der Waals surface area contributed by atoms with Gasteiger partial charge in [0.25, 0.3) is 10.0 Å². The Morgan fingerprint density at radius 2 is 1.57 bits per heavy atom. The minimum absolute atomic E-state index is 0.0192. The lowest BCUT2D eigenvalue weighted by atomic mass is 10.1. The van der Waals surface area contributed by atoms with E-state index in [2.05, 4.69) is 5.32 Å². The third-order valence-electron chi connectivity index (χ3n) is 5.53. The Morgan fingerprint density at radius 3 is 2.16 bits per heavy atom. The maximum atomic E-state index is 13.7. The van der Waals surface area contributed by atoms with Crippen molar-refractivity contribution in [3.63, 3.8) is 0 Å². The Labute approximate surface area is 235 Å². The number of rotatable bonds is 9. The van der Waals surface area contributed by atoms with Crippen molar-refractivity contribution in [3.8, 4) is 0 Å². The van der Waals surface area contributed by atoms with E-state index in [1.165, 1.54) is 48.3 Å². The van der Waals surface area contributed by atoms with Gasteiger partial charge >= 0.3 is 0 Å². The van der Waals surface area contributed by atoms with Gasteiger partial charge in [0.05, 0.1) is 20.6 Å².